The lowest BCUT2D eigenvalue weighted by Gasteiger charge is -2.10. The first-order chi connectivity index (χ1) is 11.2. The minimum atomic E-state index is -0.577. The Hall–Kier alpha value is -2.95. The van der Waals surface area contributed by atoms with Gasteiger partial charge in [-0.05, 0) is 48.9 Å². The fourth-order valence-electron chi connectivity index (χ4n) is 2.69. The van der Waals surface area contributed by atoms with Crippen molar-refractivity contribution in [2.24, 2.45) is 0 Å². The number of hydrogen-bond acceptors (Lipinski definition) is 5. The first-order valence-electron chi connectivity index (χ1n) is 7.20. The highest BCUT2D eigenvalue weighted by molar-refractivity contribution is 5.88. The van der Waals surface area contributed by atoms with Crippen LogP contribution < -0.4 is 19.8 Å². The molecule has 23 heavy (non-hydrogen) atoms. The van der Waals surface area contributed by atoms with Gasteiger partial charge in [-0.25, -0.2) is 4.79 Å². The maximum absolute atomic E-state index is 11.6. The minimum Gasteiger partial charge on any atom is -0.497 e. The first-order valence-corrected chi connectivity index (χ1v) is 7.20. The summed E-state index contributed by atoms with van der Waals surface area (Å²) in [6, 6.07) is 12.6. The van der Waals surface area contributed by atoms with Crippen LogP contribution in [-0.2, 0) is 0 Å². The molecule has 5 nitrogen and oxygen atoms in total. The maximum atomic E-state index is 11.6. The molecular formula is C18H14O5. The Balaban J connectivity index is 1.77. The van der Waals surface area contributed by atoms with Gasteiger partial charge in [0.25, 0.3) is 6.29 Å². The van der Waals surface area contributed by atoms with E-state index in [-0.39, 0.29) is 0 Å². The number of methoxy groups -OCH3 is 1. The Morgan fingerprint density at radius 3 is 2.57 bits per heavy atom. The summed E-state index contributed by atoms with van der Waals surface area (Å²) < 4.78 is 22.2. The zero-order valence-electron chi connectivity index (χ0n) is 12.7. The van der Waals surface area contributed by atoms with Gasteiger partial charge in [0.1, 0.15) is 5.75 Å². The molecule has 4 rings (SSSR count). The summed E-state index contributed by atoms with van der Waals surface area (Å²) in [7, 11) is 1.61. The summed E-state index contributed by atoms with van der Waals surface area (Å²) in [5.41, 5.74) is 1.71. The molecule has 1 unspecified atom stereocenters. The third-order valence-electron chi connectivity index (χ3n) is 3.88. The van der Waals surface area contributed by atoms with E-state index < -0.39 is 11.9 Å². The lowest BCUT2D eigenvalue weighted by atomic mass is 10.1. The second kappa shape index (κ2) is 5.05. The molecule has 1 aliphatic rings. The van der Waals surface area contributed by atoms with E-state index in [1.165, 1.54) is 6.07 Å². The van der Waals surface area contributed by atoms with Crippen LogP contribution in [-0.4, -0.2) is 7.11 Å². The molecule has 5 heteroatoms. The number of rotatable bonds is 2. The van der Waals surface area contributed by atoms with Crippen LogP contribution in [0.3, 0.4) is 0 Å². The van der Waals surface area contributed by atoms with Crippen molar-refractivity contribution in [3.63, 3.8) is 0 Å². The van der Waals surface area contributed by atoms with E-state index in [9.17, 15) is 4.79 Å². The van der Waals surface area contributed by atoms with Crippen LogP contribution in [0.1, 0.15) is 17.4 Å². The van der Waals surface area contributed by atoms with Crippen molar-refractivity contribution in [3.8, 4) is 17.2 Å². The SMILES string of the molecule is COc1ccc(C2Oc3ccc4c(C)cc(=O)oc4c3O2)cc1. The van der Waals surface area contributed by atoms with Crippen molar-refractivity contribution in [3.05, 3.63) is 64.0 Å². The molecule has 3 aromatic rings. The van der Waals surface area contributed by atoms with E-state index >= 15 is 0 Å². The molecule has 1 atom stereocenters. The van der Waals surface area contributed by atoms with Crippen LogP contribution in [0.2, 0.25) is 0 Å². The Bertz CT molecular complexity index is 940. The Morgan fingerprint density at radius 2 is 1.83 bits per heavy atom. The van der Waals surface area contributed by atoms with E-state index in [0.717, 1.165) is 22.3 Å². The van der Waals surface area contributed by atoms with E-state index in [4.69, 9.17) is 18.6 Å². The number of aryl methyl sites for hydroxylation is 1. The van der Waals surface area contributed by atoms with Crippen LogP contribution in [0.5, 0.6) is 17.2 Å². The lowest BCUT2D eigenvalue weighted by Crippen LogP contribution is -2.07. The normalized spacial score (nSPS) is 15.8. The summed E-state index contributed by atoms with van der Waals surface area (Å²) in [6.07, 6.45) is -0.577. The number of fused-ring (bicyclic) bond motifs is 3. The van der Waals surface area contributed by atoms with Crippen LogP contribution in [0, 0.1) is 6.92 Å². The summed E-state index contributed by atoms with van der Waals surface area (Å²) in [6.45, 7) is 1.86. The average molecular weight is 310 g/mol. The standard InChI is InChI=1S/C18H14O5/c1-10-9-15(19)22-16-13(10)7-8-14-17(16)23-18(21-14)11-3-5-12(20-2)6-4-11/h3-9,18H,1-2H3. The van der Waals surface area contributed by atoms with Gasteiger partial charge in [-0.1, -0.05) is 0 Å². The Labute approximate surface area is 132 Å². The highest BCUT2D eigenvalue weighted by atomic mass is 16.7. The summed E-state index contributed by atoms with van der Waals surface area (Å²) >= 11 is 0. The van der Waals surface area contributed by atoms with Crippen molar-refractivity contribution in [1.82, 2.24) is 0 Å². The summed E-state index contributed by atoms with van der Waals surface area (Å²) in [4.78, 5) is 11.6. The molecule has 0 amide bonds. The molecule has 2 heterocycles. The summed E-state index contributed by atoms with van der Waals surface area (Å²) in [5.74, 6) is 1.78. The molecule has 0 saturated heterocycles. The predicted molar refractivity (Wildman–Crippen MR) is 84.2 cm³/mol. The third kappa shape index (κ3) is 2.21. The van der Waals surface area contributed by atoms with Gasteiger partial charge in [-0.2, -0.15) is 0 Å². The van der Waals surface area contributed by atoms with Crippen molar-refractivity contribution in [1.29, 1.82) is 0 Å². The van der Waals surface area contributed by atoms with E-state index in [0.29, 0.717) is 17.1 Å². The van der Waals surface area contributed by atoms with Gasteiger partial charge in [0.15, 0.2) is 11.3 Å². The highest BCUT2D eigenvalue weighted by Gasteiger charge is 2.29. The van der Waals surface area contributed by atoms with Gasteiger partial charge in [0, 0.05) is 17.0 Å². The van der Waals surface area contributed by atoms with Gasteiger partial charge in [0.05, 0.1) is 7.11 Å². The molecule has 0 spiro atoms. The summed E-state index contributed by atoms with van der Waals surface area (Å²) in [5, 5.41) is 0.835. The van der Waals surface area contributed by atoms with Crippen molar-refractivity contribution in [2.75, 3.05) is 7.11 Å². The van der Waals surface area contributed by atoms with E-state index in [1.54, 1.807) is 7.11 Å². The van der Waals surface area contributed by atoms with Crippen LogP contribution in [0.15, 0.2) is 51.7 Å². The zero-order chi connectivity index (χ0) is 16.0. The molecule has 0 fully saturated rings. The number of benzene rings is 2. The largest absolute Gasteiger partial charge is 0.497 e. The van der Waals surface area contributed by atoms with Crippen molar-refractivity contribution >= 4 is 11.0 Å². The molecule has 0 aliphatic carbocycles. The van der Waals surface area contributed by atoms with Gasteiger partial charge in [-0.15, -0.1) is 0 Å². The van der Waals surface area contributed by atoms with E-state index in [1.807, 2.05) is 43.3 Å². The molecule has 0 saturated carbocycles. The van der Waals surface area contributed by atoms with Crippen molar-refractivity contribution < 1.29 is 18.6 Å². The fourth-order valence-corrected chi connectivity index (χ4v) is 2.69. The smallest absolute Gasteiger partial charge is 0.336 e. The maximum Gasteiger partial charge on any atom is 0.336 e. The van der Waals surface area contributed by atoms with Crippen molar-refractivity contribution in [2.45, 2.75) is 13.2 Å². The third-order valence-corrected chi connectivity index (χ3v) is 3.88. The number of hydrogen-bond donors (Lipinski definition) is 0. The molecule has 1 aliphatic heterocycles. The second-order valence-electron chi connectivity index (χ2n) is 5.36. The molecule has 116 valence electrons. The Kier molecular flexibility index (Phi) is 3.01. The number of ether oxygens (including phenoxy) is 3. The molecule has 0 bridgehead atoms. The topological polar surface area (TPSA) is 57.9 Å². The molecule has 0 N–H and O–H groups in total. The molecule has 0 radical (unpaired) electrons. The average Bonchev–Trinajstić information content (AvgIpc) is 2.99. The zero-order valence-corrected chi connectivity index (χ0v) is 12.7. The lowest BCUT2D eigenvalue weighted by molar-refractivity contribution is 0.0488. The van der Waals surface area contributed by atoms with Gasteiger partial charge in [0.2, 0.25) is 5.75 Å². The first kappa shape index (κ1) is 13.7. The van der Waals surface area contributed by atoms with Crippen LogP contribution in [0.4, 0.5) is 0 Å². The quantitative estimate of drug-likeness (QED) is 0.677. The second-order valence-corrected chi connectivity index (χ2v) is 5.36. The van der Waals surface area contributed by atoms with Crippen LogP contribution in [0.25, 0.3) is 11.0 Å². The molecule has 2 aromatic carbocycles. The predicted octanol–water partition coefficient (Wildman–Crippen LogP) is 3.58. The van der Waals surface area contributed by atoms with E-state index in [2.05, 4.69) is 0 Å². The monoisotopic (exact) mass is 310 g/mol. The van der Waals surface area contributed by atoms with Gasteiger partial charge >= 0.3 is 5.63 Å². The fraction of sp³-hybridized carbons (Fsp3) is 0.167. The van der Waals surface area contributed by atoms with Crippen LogP contribution >= 0.6 is 0 Å². The highest BCUT2D eigenvalue weighted by Crippen LogP contribution is 2.45. The van der Waals surface area contributed by atoms with Gasteiger partial charge < -0.3 is 18.6 Å². The molecule has 1 aromatic heterocycles. The Morgan fingerprint density at radius 1 is 1.04 bits per heavy atom. The van der Waals surface area contributed by atoms with Gasteiger partial charge in [-0.3, -0.25) is 0 Å². The molecular weight excluding hydrogens is 296 g/mol. The minimum absolute atomic E-state index is 0.403.